The van der Waals surface area contributed by atoms with Gasteiger partial charge in [0.2, 0.25) is 0 Å². The fraction of sp³-hybridized carbons (Fsp3) is 0.310. The van der Waals surface area contributed by atoms with E-state index in [2.05, 4.69) is 324 Å². The summed E-state index contributed by atoms with van der Waals surface area (Å²) < 4.78 is 5.78. The van der Waals surface area contributed by atoms with E-state index in [1.807, 2.05) is 24.3 Å². The summed E-state index contributed by atoms with van der Waals surface area (Å²) in [5.74, 6) is 0.938. The second-order valence-corrected chi connectivity index (χ2v) is 40.9. The lowest BCUT2D eigenvalue weighted by Gasteiger charge is -2.35. The van der Waals surface area contributed by atoms with Crippen molar-refractivity contribution in [1.29, 1.82) is 0 Å². The number of rotatable bonds is 0. The van der Waals surface area contributed by atoms with Crippen molar-refractivity contribution in [1.82, 2.24) is 0 Å². The Morgan fingerprint density at radius 3 is 0.715 bits per heavy atom. The maximum atomic E-state index is 12.8. The van der Waals surface area contributed by atoms with Gasteiger partial charge >= 0.3 is 0 Å². The average Bonchev–Trinajstić information content (AvgIpc) is 1.52. The number of ketones is 3. The van der Waals surface area contributed by atoms with Gasteiger partial charge in [0.05, 0.1) is 17.4 Å². The molecule has 26 rings (SSSR count). The van der Waals surface area contributed by atoms with Crippen LogP contribution in [0.3, 0.4) is 0 Å². The normalized spacial score (nSPS) is 18.8. The second kappa shape index (κ2) is 33.5. The van der Waals surface area contributed by atoms with E-state index < -0.39 is 0 Å². The van der Waals surface area contributed by atoms with Crippen molar-refractivity contribution in [3.63, 3.8) is 0 Å². The number of hydrogen-bond acceptors (Lipinski definition) is 4. The molecular formula is C126H122O4. The van der Waals surface area contributed by atoms with Gasteiger partial charge in [-0.15, -0.1) is 0 Å². The topological polar surface area (TPSA) is 60.4 Å². The quantitative estimate of drug-likeness (QED) is 0.152. The highest BCUT2D eigenvalue weighted by molar-refractivity contribution is 6.07. The van der Waals surface area contributed by atoms with E-state index in [0.29, 0.717) is 29.5 Å². The fourth-order valence-corrected chi connectivity index (χ4v) is 26.5. The maximum Gasteiger partial charge on any atom is 0.164 e. The molecule has 130 heavy (non-hydrogen) atoms. The minimum atomic E-state index is -0.309. The number of hydrogen-bond donors (Lipinski definition) is 0. The van der Waals surface area contributed by atoms with E-state index >= 15 is 0 Å². The lowest BCUT2D eigenvalue weighted by atomic mass is 9.67. The number of Topliss-reactive ketones (excluding diaryl/α,β-unsaturated/α-hetero) is 3. The van der Waals surface area contributed by atoms with Gasteiger partial charge in [-0.3, -0.25) is 14.4 Å². The van der Waals surface area contributed by atoms with Crippen LogP contribution in [0.25, 0.3) is 66.8 Å². The van der Waals surface area contributed by atoms with Crippen LogP contribution in [-0.2, 0) is 42.0 Å². The SMILES string of the molecule is Cc1ccc2c(c1)C1(CC(=O)c3ccccc31)c1cc(C)ccc1-2.Cc1ccc2c(c1)C1(CC(=O)c3ccccc31)c1ccccc1-2.Cc1ccc2c(c1)C1(CCC(=O)CC1)c1cc(C)ccc1-2.Cc1ccc2c(c1)C1(CCCCCCC1)c1cc(C)ccc1-2.Cc1ccc2c(c1)C1(CCCCCCC1)c1ccccc1-2.Cc1ccc2c(c1)C1(CCOC1)c1cc(C)ccc1-2. The number of aryl methyl sites for hydroxylation is 10. The molecule has 3 saturated carbocycles. The van der Waals surface area contributed by atoms with Gasteiger partial charge in [0.15, 0.2) is 11.6 Å². The molecule has 14 aromatic carbocycles. The minimum absolute atomic E-state index is 0.0800. The van der Waals surface area contributed by atoms with E-state index in [1.54, 1.807) is 22.3 Å². The molecule has 650 valence electrons. The van der Waals surface area contributed by atoms with Crippen molar-refractivity contribution < 1.29 is 19.1 Å². The highest BCUT2D eigenvalue weighted by Gasteiger charge is 2.55. The van der Waals surface area contributed by atoms with Crippen molar-refractivity contribution in [2.75, 3.05) is 13.2 Å². The third kappa shape index (κ3) is 13.8. The zero-order valence-corrected chi connectivity index (χ0v) is 78.0. The predicted molar refractivity (Wildman–Crippen MR) is 536 cm³/mol. The van der Waals surface area contributed by atoms with E-state index in [4.69, 9.17) is 4.74 Å². The Labute approximate surface area is 771 Å². The molecule has 0 N–H and O–H groups in total. The smallest absolute Gasteiger partial charge is 0.164 e. The number of carbonyl (C=O) groups is 3. The molecule has 4 fully saturated rings. The molecule has 6 spiro atoms. The molecule has 0 amide bonds. The highest BCUT2D eigenvalue weighted by atomic mass is 16.5. The number of fused-ring (bicyclic) bond motifs is 34. The monoisotopic (exact) mass is 1700 g/mol. The van der Waals surface area contributed by atoms with Crippen LogP contribution < -0.4 is 0 Å². The molecule has 4 nitrogen and oxygen atoms in total. The van der Waals surface area contributed by atoms with Crippen LogP contribution in [0.4, 0.5) is 0 Å². The van der Waals surface area contributed by atoms with E-state index in [-0.39, 0.29) is 33.2 Å². The van der Waals surface area contributed by atoms with E-state index in [0.717, 1.165) is 56.4 Å². The van der Waals surface area contributed by atoms with Crippen LogP contribution in [0.15, 0.2) is 279 Å². The Morgan fingerprint density at radius 1 is 0.200 bits per heavy atom. The third-order valence-electron chi connectivity index (χ3n) is 32.6. The Hall–Kier alpha value is -12.0. The fourth-order valence-electron chi connectivity index (χ4n) is 26.5. The first kappa shape index (κ1) is 84.9. The van der Waals surface area contributed by atoms with Gasteiger partial charge in [-0.05, 0) is 259 Å². The molecule has 11 aliphatic carbocycles. The number of carbonyl (C=O) groups excluding carboxylic acids is 3. The van der Waals surface area contributed by atoms with Gasteiger partial charge in [-0.1, -0.05) is 399 Å². The summed E-state index contributed by atoms with van der Waals surface area (Å²) in [6.45, 7) is 23.5. The summed E-state index contributed by atoms with van der Waals surface area (Å²) in [4.78, 5) is 37.3. The predicted octanol–water partition coefficient (Wildman–Crippen LogP) is 31.1. The van der Waals surface area contributed by atoms with E-state index in [1.165, 1.54) is 268 Å². The highest BCUT2D eigenvalue weighted by Crippen LogP contribution is 2.64. The molecule has 1 heterocycles. The van der Waals surface area contributed by atoms with Crippen molar-refractivity contribution in [3.05, 3.63) is 424 Å². The van der Waals surface area contributed by atoms with Gasteiger partial charge in [0.25, 0.3) is 0 Å². The standard InChI is InChI=1S/C23H18O.C22H16O.C22H26.C21H24.C20H20O.C18H18O/c1-14-7-9-16-17-10-8-15(2)12-21(17)23(20(16)11-14)13-22(24)18-5-3-4-6-19(18)23;1-14-10-11-16-15-6-2-4-8-18(15)22(20(16)12-14)13-21(23)17-7-3-5-9-19(17)22;1-16-8-10-18-19-11-9-17(2)15-21(19)22(20(18)14-16)12-6-4-3-5-7-13-22;1-16-11-12-18-17-9-5-6-10-19(17)21(20(18)15-16)13-7-3-2-4-8-14-21;1-13-3-5-16-17-6-4-14(2)12-19(17)20(18(16)11-13)9-7-15(21)8-10-20;1-12-3-5-14-15-6-4-13(2)10-17(15)18(16(14)9-12)7-8-19-11-18/h3-12H,13H2,1-2H3;2-12H,13H2,1H3;8-11,14-15H,3-7,12-13H2,1-2H3;5-6,9-12,15H,2-4,7-8,13-14H2,1H3;3-6,11-12H,7-10H2,1-2H3;3-6,9-10H,7-8,11H2,1-2H3. The zero-order chi connectivity index (χ0) is 89.2. The van der Waals surface area contributed by atoms with Crippen LogP contribution >= 0.6 is 0 Å². The first-order valence-electron chi connectivity index (χ1n) is 48.8. The molecule has 1 aliphatic heterocycles. The first-order valence-corrected chi connectivity index (χ1v) is 48.8. The zero-order valence-electron chi connectivity index (χ0n) is 78.0. The summed E-state index contributed by atoms with van der Waals surface area (Å²) in [5, 5.41) is 0. The molecule has 14 aromatic rings. The molecule has 1 unspecified atom stereocenters. The molecule has 12 aliphatic rings. The van der Waals surface area contributed by atoms with Crippen LogP contribution in [0, 0.1) is 69.2 Å². The molecule has 0 bridgehead atoms. The lowest BCUT2D eigenvalue weighted by Crippen LogP contribution is -2.31. The van der Waals surface area contributed by atoms with E-state index in [9.17, 15) is 14.4 Å². The Bertz CT molecular complexity index is 6680. The Balaban J connectivity index is 0.0000000945. The van der Waals surface area contributed by atoms with Gasteiger partial charge in [-0.25, -0.2) is 0 Å². The van der Waals surface area contributed by atoms with Crippen molar-refractivity contribution >= 4 is 17.3 Å². The summed E-state index contributed by atoms with van der Waals surface area (Å²) in [7, 11) is 0. The molecule has 1 saturated heterocycles. The van der Waals surface area contributed by atoms with Crippen molar-refractivity contribution in [2.24, 2.45) is 0 Å². The molecule has 4 heteroatoms. The number of ether oxygens (including phenoxy) is 1. The Morgan fingerprint density at radius 2 is 0.415 bits per heavy atom. The third-order valence-corrected chi connectivity index (χ3v) is 32.6. The lowest BCUT2D eigenvalue weighted by molar-refractivity contribution is -0.121. The van der Waals surface area contributed by atoms with Crippen molar-refractivity contribution in [3.8, 4) is 66.8 Å². The summed E-state index contributed by atoms with van der Waals surface area (Å²) in [6, 6.07) is 103. The maximum absolute atomic E-state index is 12.8. The Kier molecular flexibility index (Phi) is 21.8. The minimum Gasteiger partial charge on any atom is -0.380 e. The summed E-state index contributed by atoms with van der Waals surface area (Å²) in [6.07, 6.45) is 24.9. The van der Waals surface area contributed by atoms with Gasteiger partial charge < -0.3 is 4.74 Å². The molecule has 0 radical (unpaired) electrons. The molecule has 1 atom stereocenters. The van der Waals surface area contributed by atoms with Crippen LogP contribution in [0.1, 0.15) is 289 Å². The van der Waals surface area contributed by atoms with Crippen LogP contribution in [0.5, 0.6) is 0 Å². The average molecular weight is 1700 g/mol. The van der Waals surface area contributed by atoms with Gasteiger partial charge in [0.1, 0.15) is 5.78 Å². The van der Waals surface area contributed by atoms with Crippen molar-refractivity contribution in [2.45, 2.75) is 237 Å². The first-order chi connectivity index (χ1) is 63.1. The van der Waals surface area contributed by atoms with Crippen LogP contribution in [0.2, 0.25) is 0 Å². The largest absolute Gasteiger partial charge is 0.380 e. The van der Waals surface area contributed by atoms with Gasteiger partial charge in [0, 0.05) is 65.1 Å². The van der Waals surface area contributed by atoms with Gasteiger partial charge in [-0.2, -0.15) is 0 Å². The molecule has 0 aromatic heterocycles. The summed E-state index contributed by atoms with van der Waals surface area (Å²) in [5.41, 5.74) is 51.7. The second-order valence-electron chi connectivity index (χ2n) is 40.9. The number of benzene rings is 14. The van der Waals surface area contributed by atoms with Crippen LogP contribution in [-0.4, -0.2) is 30.6 Å². The molecular weight excluding hydrogens is 1580 g/mol. The summed E-state index contributed by atoms with van der Waals surface area (Å²) >= 11 is 0.